The molecule has 0 saturated carbocycles. The Morgan fingerprint density at radius 1 is 1.58 bits per heavy atom. The van der Waals surface area contributed by atoms with E-state index in [-0.39, 0.29) is 5.97 Å². The molecule has 0 amide bonds. The van der Waals surface area contributed by atoms with Gasteiger partial charge in [0.25, 0.3) is 0 Å². The maximum atomic E-state index is 11.0. The molecule has 12 heavy (non-hydrogen) atoms. The zero-order valence-electron chi connectivity index (χ0n) is 7.72. The maximum absolute atomic E-state index is 11.0. The lowest BCUT2D eigenvalue weighted by molar-refractivity contribution is -0.136. The van der Waals surface area contributed by atoms with E-state index in [2.05, 4.69) is 4.74 Å². The third kappa shape index (κ3) is 2.34. The van der Waals surface area contributed by atoms with Gasteiger partial charge in [0.05, 0.1) is 19.8 Å². The molecule has 0 N–H and O–H groups in total. The van der Waals surface area contributed by atoms with Crippen molar-refractivity contribution in [2.45, 2.75) is 26.4 Å². The monoisotopic (exact) mass is 170 g/mol. The standard InChI is InChI=1S/C9H14O3/c1-6(4-8-5-12-8)7(2)9(10)11-3/h8H,4-5H2,1-3H3. The molecule has 0 aromatic heterocycles. The smallest absolute Gasteiger partial charge is 0.333 e. The minimum Gasteiger partial charge on any atom is -0.466 e. The number of hydrogen-bond donors (Lipinski definition) is 0. The molecule has 1 atom stereocenters. The molecule has 1 fully saturated rings. The molecule has 0 aliphatic carbocycles. The Balaban J connectivity index is 2.53. The Morgan fingerprint density at radius 2 is 2.17 bits per heavy atom. The summed E-state index contributed by atoms with van der Waals surface area (Å²) in [6.45, 7) is 4.54. The van der Waals surface area contributed by atoms with Crippen LogP contribution in [0, 0.1) is 0 Å². The molecule has 0 spiro atoms. The summed E-state index contributed by atoms with van der Waals surface area (Å²) in [4.78, 5) is 11.0. The van der Waals surface area contributed by atoms with Crippen molar-refractivity contribution in [3.05, 3.63) is 11.1 Å². The molecule has 1 saturated heterocycles. The molecule has 1 heterocycles. The largest absolute Gasteiger partial charge is 0.466 e. The van der Waals surface area contributed by atoms with Gasteiger partial charge in [-0.2, -0.15) is 0 Å². The first-order valence-corrected chi connectivity index (χ1v) is 4.01. The second kappa shape index (κ2) is 3.72. The highest BCUT2D eigenvalue weighted by Gasteiger charge is 2.23. The zero-order valence-corrected chi connectivity index (χ0v) is 7.72. The number of esters is 1. The van der Waals surface area contributed by atoms with E-state index < -0.39 is 0 Å². The molecule has 1 aliphatic heterocycles. The van der Waals surface area contributed by atoms with E-state index in [0.717, 1.165) is 18.6 Å². The Morgan fingerprint density at radius 3 is 2.58 bits per heavy atom. The van der Waals surface area contributed by atoms with Crippen LogP contribution in [0.5, 0.6) is 0 Å². The molecular weight excluding hydrogens is 156 g/mol. The zero-order chi connectivity index (χ0) is 9.14. The summed E-state index contributed by atoms with van der Waals surface area (Å²) in [6, 6.07) is 0. The van der Waals surface area contributed by atoms with E-state index >= 15 is 0 Å². The van der Waals surface area contributed by atoms with Crippen LogP contribution < -0.4 is 0 Å². The van der Waals surface area contributed by atoms with Crippen LogP contribution in [0.2, 0.25) is 0 Å². The van der Waals surface area contributed by atoms with Crippen molar-refractivity contribution in [1.29, 1.82) is 0 Å². The molecule has 3 nitrogen and oxygen atoms in total. The molecule has 1 aliphatic rings. The molecule has 0 aromatic carbocycles. The van der Waals surface area contributed by atoms with Crippen molar-refractivity contribution >= 4 is 5.97 Å². The number of hydrogen-bond acceptors (Lipinski definition) is 3. The van der Waals surface area contributed by atoms with E-state index in [4.69, 9.17) is 4.74 Å². The lowest BCUT2D eigenvalue weighted by Crippen LogP contribution is -2.05. The van der Waals surface area contributed by atoms with Crippen LogP contribution in [0.4, 0.5) is 0 Å². The number of ether oxygens (including phenoxy) is 2. The van der Waals surface area contributed by atoms with Crippen molar-refractivity contribution in [1.82, 2.24) is 0 Å². The molecule has 68 valence electrons. The summed E-state index contributed by atoms with van der Waals surface area (Å²) in [7, 11) is 1.40. The minimum absolute atomic E-state index is 0.242. The normalized spacial score (nSPS) is 23.1. The summed E-state index contributed by atoms with van der Waals surface area (Å²) < 4.78 is 9.65. The van der Waals surface area contributed by atoms with Gasteiger partial charge in [0.2, 0.25) is 0 Å². The fourth-order valence-corrected chi connectivity index (χ4v) is 1.01. The van der Waals surface area contributed by atoms with Crippen molar-refractivity contribution < 1.29 is 14.3 Å². The number of carbonyl (C=O) groups is 1. The van der Waals surface area contributed by atoms with Gasteiger partial charge in [0.15, 0.2) is 0 Å². The van der Waals surface area contributed by atoms with Gasteiger partial charge in [-0.3, -0.25) is 0 Å². The van der Waals surface area contributed by atoms with Crippen molar-refractivity contribution in [3.63, 3.8) is 0 Å². The highest BCUT2D eigenvalue weighted by Crippen LogP contribution is 2.21. The minimum atomic E-state index is -0.242. The Bertz CT molecular complexity index is 214. The Hall–Kier alpha value is -0.830. The van der Waals surface area contributed by atoms with E-state index in [1.54, 1.807) is 6.92 Å². The highest BCUT2D eigenvalue weighted by molar-refractivity contribution is 5.88. The maximum Gasteiger partial charge on any atom is 0.333 e. The van der Waals surface area contributed by atoms with Crippen molar-refractivity contribution in [3.8, 4) is 0 Å². The summed E-state index contributed by atoms with van der Waals surface area (Å²) in [6.07, 6.45) is 1.19. The first kappa shape index (κ1) is 9.26. The van der Waals surface area contributed by atoms with E-state index in [9.17, 15) is 4.79 Å². The summed E-state index contributed by atoms with van der Waals surface area (Å²) in [5, 5.41) is 0. The van der Waals surface area contributed by atoms with E-state index in [0.29, 0.717) is 11.7 Å². The van der Waals surface area contributed by atoms with Crippen LogP contribution in [0.3, 0.4) is 0 Å². The van der Waals surface area contributed by atoms with Gasteiger partial charge >= 0.3 is 5.97 Å². The van der Waals surface area contributed by atoms with Crippen LogP contribution in [-0.2, 0) is 14.3 Å². The van der Waals surface area contributed by atoms with E-state index in [1.165, 1.54) is 7.11 Å². The molecular formula is C9H14O3. The molecule has 3 heteroatoms. The van der Waals surface area contributed by atoms with Gasteiger partial charge in [-0.25, -0.2) is 4.79 Å². The second-order valence-corrected chi connectivity index (χ2v) is 3.06. The second-order valence-electron chi connectivity index (χ2n) is 3.06. The number of carbonyl (C=O) groups excluding carboxylic acids is 1. The lowest BCUT2D eigenvalue weighted by atomic mass is 10.1. The third-order valence-corrected chi connectivity index (χ3v) is 2.07. The summed E-state index contributed by atoms with van der Waals surface area (Å²) in [5.74, 6) is -0.242. The predicted octanol–water partition coefficient (Wildman–Crippen LogP) is 1.28. The average molecular weight is 170 g/mol. The van der Waals surface area contributed by atoms with Crippen LogP contribution in [0.25, 0.3) is 0 Å². The van der Waals surface area contributed by atoms with Crippen molar-refractivity contribution in [2.75, 3.05) is 13.7 Å². The number of epoxide rings is 1. The Kier molecular flexibility index (Phi) is 2.87. The molecule has 0 bridgehead atoms. The van der Waals surface area contributed by atoms with Crippen molar-refractivity contribution in [2.24, 2.45) is 0 Å². The van der Waals surface area contributed by atoms with Gasteiger partial charge in [-0.05, 0) is 20.3 Å². The summed E-state index contributed by atoms with van der Waals surface area (Å²) in [5.41, 5.74) is 1.76. The highest BCUT2D eigenvalue weighted by atomic mass is 16.6. The van der Waals surface area contributed by atoms with Gasteiger partial charge in [0.1, 0.15) is 0 Å². The SMILES string of the molecule is COC(=O)C(C)=C(C)CC1CO1. The third-order valence-electron chi connectivity index (χ3n) is 2.07. The first-order valence-electron chi connectivity index (χ1n) is 4.01. The fourth-order valence-electron chi connectivity index (χ4n) is 1.01. The van der Waals surface area contributed by atoms with Crippen LogP contribution >= 0.6 is 0 Å². The molecule has 0 aromatic rings. The quantitative estimate of drug-likeness (QED) is 0.364. The van der Waals surface area contributed by atoms with Crippen LogP contribution in [-0.4, -0.2) is 25.8 Å². The van der Waals surface area contributed by atoms with Gasteiger partial charge < -0.3 is 9.47 Å². The van der Waals surface area contributed by atoms with Gasteiger partial charge in [-0.15, -0.1) is 0 Å². The first-order chi connectivity index (χ1) is 5.65. The Labute approximate surface area is 72.4 Å². The fraction of sp³-hybridized carbons (Fsp3) is 0.667. The summed E-state index contributed by atoms with van der Waals surface area (Å²) >= 11 is 0. The topological polar surface area (TPSA) is 38.8 Å². The van der Waals surface area contributed by atoms with Gasteiger partial charge in [0, 0.05) is 5.57 Å². The molecule has 0 radical (unpaired) electrons. The van der Waals surface area contributed by atoms with Crippen LogP contribution in [0.15, 0.2) is 11.1 Å². The molecule has 1 unspecified atom stereocenters. The molecule has 1 rings (SSSR count). The van der Waals surface area contributed by atoms with E-state index in [1.807, 2.05) is 6.92 Å². The predicted molar refractivity (Wildman–Crippen MR) is 44.7 cm³/mol. The average Bonchev–Trinajstić information content (AvgIpc) is 2.85. The lowest BCUT2D eigenvalue weighted by Gasteiger charge is -2.03. The number of methoxy groups -OCH3 is 1. The number of rotatable bonds is 3. The van der Waals surface area contributed by atoms with Gasteiger partial charge in [-0.1, -0.05) is 5.57 Å². The van der Waals surface area contributed by atoms with Crippen LogP contribution in [0.1, 0.15) is 20.3 Å².